The topological polar surface area (TPSA) is 156 Å². The average molecular weight is 532 g/mol. The van der Waals surface area contributed by atoms with Crippen molar-refractivity contribution in [3.8, 4) is 0 Å². The molecule has 1 aliphatic rings. The van der Waals surface area contributed by atoms with Crippen molar-refractivity contribution in [2.75, 3.05) is 13.1 Å². The quantitative estimate of drug-likeness (QED) is 0.132. The summed E-state index contributed by atoms with van der Waals surface area (Å²) >= 11 is 0. The van der Waals surface area contributed by atoms with Gasteiger partial charge in [0.25, 0.3) is 5.91 Å². The Hall–Kier alpha value is -3.20. The normalized spacial score (nSPS) is 14.3. The smallest absolute Gasteiger partial charge is 0.264 e. The number of nitrogens with two attached hydrogens (primary N) is 2. The van der Waals surface area contributed by atoms with Gasteiger partial charge in [0.15, 0.2) is 0 Å². The van der Waals surface area contributed by atoms with Crippen LogP contribution in [0.4, 0.5) is 0 Å². The van der Waals surface area contributed by atoms with Gasteiger partial charge in [-0.15, -0.1) is 0 Å². The largest absolute Gasteiger partial charge is 0.364 e. The molecule has 0 saturated carbocycles. The molecule has 1 aliphatic carbocycles. The first-order valence-corrected chi connectivity index (χ1v) is 13.5. The summed E-state index contributed by atoms with van der Waals surface area (Å²) in [6.45, 7) is 11.7. The Morgan fingerprint density at radius 2 is 1.79 bits per heavy atom. The summed E-state index contributed by atoms with van der Waals surface area (Å²) in [5.41, 5.74) is 11.1. The molecule has 214 valence electrons. The van der Waals surface area contributed by atoms with Gasteiger partial charge >= 0.3 is 0 Å². The minimum Gasteiger partial charge on any atom is -0.364 e. The van der Waals surface area contributed by atoms with Gasteiger partial charge in [0.2, 0.25) is 17.7 Å². The standard InChI is InChI=1S/C26H41N5O4.C3H8/c1-18(2)15-21(23(28)33)30-22(32)17-29-24(34)20(13-9-6-10-14-27)31-25(35)26(3,4)16-19-11-7-5-8-12-19;1-3-2/h7,9,11-13,15,18,20H,5-6,8,10,14,16-17,27H2,1-4H3,(H2,28,33)(H,29,34)(H,30,32)(H,31,35);3H2,1-2H3/b13-9?,21-15+;. The molecular weight excluding hydrogens is 482 g/mol. The molecule has 1 atom stereocenters. The van der Waals surface area contributed by atoms with Gasteiger partial charge in [0.1, 0.15) is 11.7 Å². The van der Waals surface area contributed by atoms with E-state index in [-0.39, 0.29) is 24.1 Å². The van der Waals surface area contributed by atoms with Gasteiger partial charge in [0, 0.05) is 5.41 Å². The van der Waals surface area contributed by atoms with Crippen LogP contribution in [0.1, 0.15) is 80.1 Å². The van der Waals surface area contributed by atoms with E-state index in [9.17, 15) is 19.2 Å². The number of carbonyl (C=O) groups excluding carboxylic acids is 4. The van der Waals surface area contributed by atoms with Gasteiger partial charge < -0.3 is 27.4 Å². The average Bonchev–Trinajstić information content (AvgIpc) is 2.84. The van der Waals surface area contributed by atoms with Crippen molar-refractivity contribution in [2.24, 2.45) is 22.8 Å². The van der Waals surface area contributed by atoms with Crippen LogP contribution in [-0.4, -0.2) is 42.8 Å². The summed E-state index contributed by atoms with van der Waals surface area (Å²) in [7, 11) is 0. The number of nitrogens with one attached hydrogen (secondary N) is 3. The summed E-state index contributed by atoms with van der Waals surface area (Å²) in [4.78, 5) is 49.7. The monoisotopic (exact) mass is 531 g/mol. The van der Waals surface area contributed by atoms with Crippen molar-refractivity contribution in [1.82, 2.24) is 16.0 Å². The predicted molar refractivity (Wildman–Crippen MR) is 153 cm³/mol. The molecule has 0 saturated heterocycles. The Balaban J connectivity index is 0.00000434. The number of carbonyl (C=O) groups is 4. The first-order chi connectivity index (χ1) is 17.9. The molecule has 4 amide bonds. The van der Waals surface area contributed by atoms with Gasteiger partial charge in [-0.25, -0.2) is 0 Å². The highest BCUT2D eigenvalue weighted by Crippen LogP contribution is 2.28. The number of amides is 4. The number of hydrogen-bond acceptors (Lipinski definition) is 5. The third-order valence-electron chi connectivity index (χ3n) is 5.27. The molecule has 0 aromatic carbocycles. The Bertz CT molecular complexity index is 901. The second-order valence-electron chi connectivity index (χ2n) is 10.3. The molecule has 9 nitrogen and oxygen atoms in total. The fraction of sp³-hybridized carbons (Fsp3) is 0.586. The van der Waals surface area contributed by atoms with Crippen LogP contribution in [0.2, 0.25) is 0 Å². The van der Waals surface area contributed by atoms with Crippen LogP contribution < -0.4 is 27.4 Å². The number of primary amides is 1. The van der Waals surface area contributed by atoms with Crippen molar-refractivity contribution >= 4 is 23.6 Å². The van der Waals surface area contributed by atoms with Crippen molar-refractivity contribution < 1.29 is 19.2 Å². The maximum absolute atomic E-state index is 13.1. The van der Waals surface area contributed by atoms with E-state index >= 15 is 0 Å². The molecule has 0 fully saturated rings. The lowest BCUT2D eigenvalue weighted by molar-refractivity contribution is -0.133. The number of allylic oxidation sites excluding steroid dienone is 6. The summed E-state index contributed by atoms with van der Waals surface area (Å²) in [6.07, 6.45) is 16.3. The third kappa shape index (κ3) is 15.1. The van der Waals surface area contributed by atoms with Crippen molar-refractivity contribution in [3.05, 3.63) is 47.7 Å². The highest BCUT2D eigenvalue weighted by molar-refractivity contribution is 5.98. The lowest BCUT2D eigenvalue weighted by atomic mass is 9.83. The van der Waals surface area contributed by atoms with Gasteiger partial charge in [-0.2, -0.15) is 0 Å². The van der Waals surface area contributed by atoms with E-state index in [1.807, 2.05) is 33.8 Å². The highest BCUT2D eigenvalue weighted by Gasteiger charge is 2.31. The van der Waals surface area contributed by atoms with Crippen molar-refractivity contribution in [1.29, 1.82) is 0 Å². The fourth-order valence-corrected chi connectivity index (χ4v) is 3.39. The molecule has 1 unspecified atom stereocenters. The maximum atomic E-state index is 13.1. The molecule has 9 heteroatoms. The molecular formula is C29H49N5O4. The van der Waals surface area contributed by atoms with Crippen molar-refractivity contribution in [2.45, 2.75) is 86.1 Å². The van der Waals surface area contributed by atoms with E-state index in [1.165, 1.54) is 12.5 Å². The van der Waals surface area contributed by atoms with E-state index < -0.39 is 29.2 Å². The SMILES string of the molecule is CC(C)/C=C(/NC(=O)CNC(=O)C(C=CCCCN)NC(=O)C(C)(C)CC1=CCCC=C1)C(N)=O.CCC. The van der Waals surface area contributed by atoms with Crippen LogP contribution in [0.25, 0.3) is 0 Å². The molecule has 0 aliphatic heterocycles. The molecule has 0 aromatic rings. The number of rotatable bonds is 14. The molecule has 0 spiro atoms. The van der Waals surface area contributed by atoms with E-state index in [1.54, 1.807) is 12.2 Å². The van der Waals surface area contributed by atoms with Crippen LogP contribution in [-0.2, 0) is 19.2 Å². The first kappa shape index (κ1) is 34.8. The fourth-order valence-electron chi connectivity index (χ4n) is 3.39. The van der Waals surface area contributed by atoms with Gasteiger partial charge in [-0.3, -0.25) is 19.2 Å². The summed E-state index contributed by atoms with van der Waals surface area (Å²) in [5, 5.41) is 7.72. The van der Waals surface area contributed by atoms with Crippen LogP contribution in [0.15, 0.2) is 47.7 Å². The first-order valence-electron chi connectivity index (χ1n) is 13.5. The summed E-state index contributed by atoms with van der Waals surface area (Å²) < 4.78 is 0. The zero-order valence-corrected chi connectivity index (χ0v) is 24.1. The second-order valence-corrected chi connectivity index (χ2v) is 10.3. The number of hydrogen-bond donors (Lipinski definition) is 5. The Morgan fingerprint density at radius 3 is 2.32 bits per heavy atom. The minimum absolute atomic E-state index is 0.00569. The van der Waals surface area contributed by atoms with Crippen LogP contribution in [0.5, 0.6) is 0 Å². The van der Waals surface area contributed by atoms with Gasteiger partial charge in [-0.1, -0.05) is 90.0 Å². The third-order valence-corrected chi connectivity index (χ3v) is 5.27. The molecule has 0 aromatic heterocycles. The maximum Gasteiger partial charge on any atom is 0.264 e. The molecule has 0 bridgehead atoms. The van der Waals surface area contributed by atoms with E-state index in [4.69, 9.17) is 11.5 Å². The second kappa shape index (κ2) is 19.0. The van der Waals surface area contributed by atoms with Gasteiger partial charge in [-0.05, 0) is 44.6 Å². The molecule has 0 heterocycles. The molecule has 38 heavy (non-hydrogen) atoms. The Kier molecular flexibility index (Phi) is 17.4. The van der Waals surface area contributed by atoms with Gasteiger partial charge in [0.05, 0.1) is 6.54 Å². The lowest BCUT2D eigenvalue weighted by Gasteiger charge is -2.27. The van der Waals surface area contributed by atoms with Crippen molar-refractivity contribution in [3.63, 3.8) is 0 Å². The lowest BCUT2D eigenvalue weighted by Crippen LogP contribution is -2.51. The zero-order valence-electron chi connectivity index (χ0n) is 24.1. The Labute approximate surface area is 228 Å². The molecule has 1 rings (SSSR count). The van der Waals surface area contributed by atoms with E-state index in [0.717, 1.165) is 24.8 Å². The summed E-state index contributed by atoms with van der Waals surface area (Å²) in [5.74, 6) is -2.19. The van der Waals surface area contributed by atoms with Crippen LogP contribution in [0.3, 0.4) is 0 Å². The molecule has 0 radical (unpaired) electrons. The van der Waals surface area contributed by atoms with Crippen LogP contribution >= 0.6 is 0 Å². The highest BCUT2D eigenvalue weighted by atomic mass is 16.2. The minimum atomic E-state index is -0.968. The van der Waals surface area contributed by atoms with E-state index in [0.29, 0.717) is 19.4 Å². The number of unbranched alkanes of at least 4 members (excludes halogenated alkanes) is 1. The Morgan fingerprint density at radius 1 is 1.13 bits per heavy atom. The zero-order chi connectivity index (χ0) is 29.1. The summed E-state index contributed by atoms with van der Waals surface area (Å²) in [6, 6.07) is -0.968. The molecule has 7 N–H and O–H groups in total. The predicted octanol–water partition coefficient (Wildman–Crippen LogP) is 3.13. The van der Waals surface area contributed by atoms with E-state index in [2.05, 4.69) is 41.9 Å². The van der Waals surface area contributed by atoms with Crippen LogP contribution in [0, 0.1) is 11.3 Å².